The molecule has 10 heavy (non-hydrogen) atoms. The number of aliphatic hydroxyl groups is 3. The normalized spacial score (nSPS) is 49.2. The molecule has 0 amide bonds. The Morgan fingerprint density at radius 1 is 1.00 bits per heavy atom. The summed E-state index contributed by atoms with van der Waals surface area (Å²) in [4.78, 5) is 0.126. The van der Waals surface area contributed by atoms with Crippen molar-refractivity contribution in [2.75, 3.05) is 0 Å². The molecule has 0 radical (unpaired) electrons. The van der Waals surface area contributed by atoms with Crippen LogP contribution in [0, 0.1) is 0 Å². The third kappa shape index (κ3) is 1.69. The number of alkyl halides is 1. The Labute approximate surface area is 67.8 Å². The number of hydrogen-bond acceptors (Lipinski definition) is 3. The smallest absolute Gasteiger partial charge is 0.106 e. The second-order valence-corrected chi connectivity index (χ2v) is 3.99. The second-order valence-electron chi connectivity index (χ2n) is 2.69. The van der Waals surface area contributed by atoms with Crippen LogP contribution in [0.4, 0.5) is 0 Å². The van der Waals surface area contributed by atoms with Crippen molar-refractivity contribution < 1.29 is 15.3 Å². The van der Waals surface area contributed by atoms with Gasteiger partial charge in [0, 0.05) is 4.83 Å². The van der Waals surface area contributed by atoms with Crippen molar-refractivity contribution in [1.82, 2.24) is 0 Å². The quantitative estimate of drug-likeness (QED) is 0.479. The summed E-state index contributed by atoms with van der Waals surface area (Å²) in [6, 6.07) is 0. The largest absolute Gasteiger partial charge is 0.390 e. The minimum absolute atomic E-state index is 0.126. The van der Waals surface area contributed by atoms with Crippen LogP contribution in [0.25, 0.3) is 0 Å². The van der Waals surface area contributed by atoms with Crippen molar-refractivity contribution >= 4 is 15.9 Å². The lowest BCUT2D eigenvalue weighted by atomic mass is 9.92. The van der Waals surface area contributed by atoms with Crippen molar-refractivity contribution in [1.29, 1.82) is 0 Å². The van der Waals surface area contributed by atoms with Gasteiger partial charge in [-0.1, -0.05) is 15.9 Å². The molecule has 3 nitrogen and oxygen atoms in total. The van der Waals surface area contributed by atoms with Crippen molar-refractivity contribution in [3.8, 4) is 0 Å². The highest BCUT2D eigenvalue weighted by Gasteiger charge is 2.33. The van der Waals surface area contributed by atoms with E-state index in [1.54, 1.807) is 0 Å². The molecule has 0 aromatic rings. The maximum Gasteiger partial charge on any atom is 0.106 e. The van der Waals surface area contributed by atoms with E-state index in [1.165, 1.54) is 0 Å². The van der Waals surface area contributed by atoms with Crippen molar-refractivity contribution in [3.05, 3.63) is 0 Å². The summed E-state index contributed by atoms with van der Waals surface area (Å²) in [6.07, 6.45) is -1.51. The number of hydrogen-bond donors (Lipinski definition) is 3. The van der Waals surface area contributed by atoms with Gasteiger partial charge in [0.25, 0.3) is 0 Å². The van der Waals surface area contributed by atoms with Crippen molar-refractivity contribution in [2.45, 2.75) is 36.0 Å². The highest BCUT2D eigenvalue weighted by molar-refractivity contribution is 9.09. The van der Waals surface area contributed by atoms with Crippen LogP contribution >= 0.6 is 15.9 Å². The molecule has 4 heteroatoms. The topological polar surface area (TPSA) is 60.7 Å². The lowest BCUT2D eigenvalue weighted by molar-refractivity contribution is -0.0819. The Bertz CT molecular complexity index is 108. The van der Waals surface area contributed by atoms with E-state index in [0.29, 0.717) is 12.8 Å². The van der Waals surface area contributed by atoms with E-state index in [0.717, 1.165) is 0 Å². The molecule has 60 valence electrons. The first-order chi connectivity index (χ1) is 4.61. The Kier molecular flexibility index (Phi) is 2.68. The summed E-state index contributed by atoms with van der Waals surface area (Å²) in [6.45, 7) is 0. The van der Waals surface area contributed by atoms with Crippen LogP contribution < -0.4 is 0 Å². The SMILES string of the molecule is OC1CC(Br)CC(O)C1O. The Morgan fingerprint density at radius 2 is 1.40 bits per heavy atom. The zero-order chi connectivity index (χ0) is 7.72. The molecule has 0 saturated heterocycles. The van der Waals surface area contributed by atoms with Crippen LogP contribution in [0.1, 0.15) is 12.8 Å². The van der Waals surface area contributed by atoms with Crippen LogP contribution in [0.15, 0.2) is 0 Å². The fraction of sp³-hybridized carbons (Fsp3) is 1.00. The predicted molar refractivity (Wildman–Crippen MR) is 40.0 cm³/mol. The lowest BCUT2D eigenvalue weighted by Gasteiger charge is -2.31. The minimum Gasteiger partial charge on any atom is -0.390 e. The van der Waals surface area contributed by atoms with Gasteiger partial charge in [0.2, 0.25) is 0 Å². The van der Waals surface area contributed by atoms with Gasteiger partial charge in [-0.05, 0) is 12.8 Å². The Hall–Kier alpha value is 0.360. The van der Waals surface area contributed by atoms with E-state index in [1.807, 2.05) is 0 Å². The average molecular weight is 211 g/mol. The van der Waals surface area contributed by atoms with E-state index in [-0.39, 0.29) is 4.83 Å². The second kappa shape index (κ2) is 3.17. The Balaban J connectivity index is 2.49. The first-order valence-electron chi connectivity index (χ1n) is 3.29. The fourth-order valence-corrected chi connectivity index (χ4v) is 1.92. The monoisotopic (exact) mass is 210 g/mol. The van der Waals surface area contributed by atoms with Gasteiger partial charge in [0.05, 0.1) is 12.2 Å². The van der Waals surface area contributed by atoms with Gasteiger partial charge in [0.1, 0.15) is 6.10 Å². The average Bonchev–Trinajstić information content (AvgIpc) is 1.82. The minimum atomic E-state index is -0.964. The van der Waals surface area contributed by atoms with Gasteiger partial charge in [-0.15, -0.1) is 0 Å². The molecule has 1 aliphatic carbocycles. The van der Waals surface area contributed by atoms with E-state index >= 15 is 0 Å². The van der Waals surface area contributed by atoms with Crippen LogP contribution in [-0.2, 0) is 0 Å². The summed E-state index contributed by atoms with van der Waals surface area (Å²) < 4.78 is 0. The van der Waals surface area contributed by atoms with Gasteiger partial charge in [-0.25, -0.2) is 0 Å². The Morgan fingerprint density at radius 3 is 1.80 bits per heavy atom. The van der Waals surface area contributed by atoms with Crippen molar-refractivity contribution in [2.24, 2.45) is 0 Å². The third-order valence-corrected chi connectivity index (χ3v) is 2.53. The lowest BCUT2D eigenvalue weighted by Crippen LogP contribution is -2.44. The predicted octanol–water partition coefficient (Wildman–Crippen LogP) is -0.374. The van der Waals surface area contributed by atoms with Gasteiger partial charge < -0.3 is 15.3 Å². The highest BCUT2D eigenvalue weighted by Crippen LogP contribution is 2.24. The summed E-state index contributed by atoms with van der Waals surface area (Å²) >= 11 is 3.27. The fourth-order valence-electron chi connectivity index (χ4n) is 1.16. The van der Waals surface area contributed by atoms with E-state index in [9.17, 15) is 0 Å². The molecular weight excluding hydrogens is 200 g/mol. The van der Waals surface area contributed by atoms with E-state index < -0.39 is 18.3 Å². The summed E-state index contributed by atoms with van der Waals surface area (Å²) in [5.41, 5.74) is 0. The molecule has 1 rings (SSSR count). The molecule has 1 aliphatic rings. The van der Waals surface area contributed by atoms with Gasteiger partial charge in [0.15, 0.2) is 0 Å². The summed E-state index contributed by atoms with van der Waals surface area (Å²) in [5, 5.41) is 27.2. The van der Waals surface area contributed by atoms with E-state index in [4.69, 9.17) is 15.3 Å². The molecule has 0 bridgehead atoms. The van der Waals surface area contributed by atoms with Gasteiger partial charge >= 0.3 is 0 Å². The summed E-state index contributed by atoms with van der Waals surface area (Å²) in [5.74, 6) is 0. The molecule has 0 spiro atoms. The zero-order valence-electron chi connectivity index (χ0n) is 5.44. The number of aliphatic hydroxyl groups excluding tert-OH is 3. The molecule has 2 unspecified atom stereocenters. The first-order valence-corrected chi connectivity index (χ1v) is 4.21. The maximum absolute atomic E-state index is 9.08. The van der Waals surface area contributed by atoms with Crippen molar-refractivity contribution in [3.63, 3.8) is 0 Å². The van der Waals surface area contributed by atoms with Gasteiger partial charge in [-0.2, -0.15) is 0 Å². The molecule has 0 heterocycles. The molecule has 0 aliphatic heterocycles. The zero-order valence-corrected chi connectivity index (χ0v) is 7.03. The standard InChI is InChI=1S/C6H11BrO3/c7-3-1-4(8)6(10)5(9)2-3/h3-6,8-10H,1-2H2. The molecule has 0 aromatic carbocycles. The first kappa shape index (κ1) is 8.46. The van der Waals surface area contributed by atoms with Crippen LogP contribution in [-0.4, -0.2) is 38.5 Å². The number of halogens is 1. The molecule has 3 N–H and O–H groups in total. The van der Waals surface area contributed by atoms with Crippen LogP contribution in [0.5, 0.6) is 0 Å². The van der Waals surface area contributed by atoms with Crippen LogP contribution in [0.3, 0.4) is 0 Å². The molecule has 1 fully saturated rings. The molecular formula is C6H11BrO3. The van der Waals surface area contributed by atoms with Crippen LogP contribution in [0.2, 0.25) is 0 Å². The molecule has 1 saturated carbocycles. The maximum atomic E-state index is 9.08. The number of rotatable bonds is 0. The van der Waals surface area contributed by atoms with E-state index in [2.05, 4.69) is 15.9 Å². The molecule has 2 atom stereocenters. The molecule has 0 aromatic heterocycles. The third-order valence-electron chi connectivity index (χ3n) is 1.78. The highest BCUT2D eigenvalue weighted by atomic mass is 79.9. The summed E-state index contributed by atoms with van der Waals surface area (Å²) in [7, 11) is 0. The van der Waals surface area contributed by atoms with Gasteiger partial charge in [-0.3, -0.25) is 0 Å².